The number of rotatable bonds is 11. The molecule has 1 aromatic heterocycles. The van der Waals surface area contributed by atoms with Crippen molar-refractivity contribution in [3.05, 3.63) is 63.5 Å². The lowest BCUT2D eigenvalue weighted by Crippen LogP contribution is -3.10. The van der Waals surface area contributed by atoms with E-state index in [0.717, 1.165) is 55.7 Å². The average molecular weight is 492 g/mol. The first kappa shape index (κ1) is 26.6. The Hall–Kier alpha value is -3.00. The summed E-state index contributed by atoms with van der Waals surface area (Å²) in [6.07, 6.45) is -0.471. The first-order valence-corrected chi connectivity index (χ1v) is 12.2. The first-order valence-electron chi connectivity index (χ1n) is 12.2. The summed E-state index contributed by atoms with van der Waals surface area (Å²) < 4.78 is 52.8. The normalized spacial score (nSPS) is 12.0. The van der Waals surface area contributed by atoms with Crippen molar-refractivity contribution in [2.24, 2.45) is 0 Å². The second-order valence-corrected chi connectivity index (χ2v) is 8.74. The van der Waals surface area contributed by atoms with Crippen molar-refractivity contribution in [3.63, 3.8) is 0 Å². The lowest BCUT2D eigenvalue weighted by molar-refractivity contribution is -0.914. The number of quaternary nitrogens is 1. The van der Waals surface area contributed by atoms with Crippen LogP contribution in [0, 0.1) is 0 Å². The number of ether oxygens (including phenoxy) is 1. The molecule has 3 aromatic rings. The summed E-state index contributed by atoms with van der Waals surface area (Å²) >= 11 is 0. The van der Waals surface area contributed by atoms with Crippen LogP contribution in [0.5, 0.6) is 17.2 Å². The van der Waals surface area contributed by atoms with Crippen LogP contribution in [-0.2, 0) is 19.1 Å². The Morgan fingerprint density at radius 1 is 0.971 bits per heavy atom. The second kappa shape index (κ2) is 11.6. The van der Waals surface area contributed by atoms with Gasteiger partial charge in [-0.2, -0.15) is 13.2 Å². The zero-order valence-electron chi connectivity index (χ0n) is 20.4. The number of nitrogens with one attached hydrogen (secondary N) is 1. The molecule has 190 valence electrons. The predicted molar refractivity (Wildman–Crippen MR) is 127 cm³/mol. The van der Waals surface area contributed by atoms with Gasteiger partial charge in [-0.3, -0.25) is 4.79 Å². The van der Waals surface area contributed by atoms with Crippen LogP contribution in [0.4, 0.5) is 13.2 Å². The monoisotopic (exact) mass is 491 g/mol. The minimum atomic E-state index is -4.99. The van der Waals surface area contributed by atoms with Gasteiger partial charge in [-0.1, -0.05) is 57.6 Å². The van der Waals surface area contributed by atoms with E-state index >= 15 is 0 Å². The van der Waals surface area contributed by atoms with Crippen molar-refractivity contribution in [2.75, 3.05) is 13.1 Å². The third-order valence-electron chi connectivity index (χ3n) is 6.08. The quantitative estimate of drug-likeness (QED) is 0.399. The molecule has 0 saturated heterocycles. The fourth-order valence-electron chi connectivity index (χ4n) is 4.04. The van der Waals surface area contributed by atoms with Crippen LogP contribution in [0.25, 0.3) is 11.0 Å². The molecule has 0 aliphatic heterocycles. The molecule has 0 saturated carbocycles. The molecule has 0 aliphatic rings. The molecule has 0 fully saturated rings. The maximum absolute atomic E-state index is 14.0. The second-order valence-electron chi connectivity index (χ2n) is 8.74. The van der Waals surface area contributed by atoms with E-state index in [-0.39, 0.29) is 28.8 Å². The van der Waals surface area contributed by atoms with Gasteiger partial charge in [-0.25, -0.2) is 0 Å². The SMILES string of the molecule is CCCC[NH+](CCCC)Cc1c([O-])ccc2c(=O)c(Oc3ccc(CC)cc3)c(C(F)(F)F)oc12. The molecule has 0 radical (unpaired) electrons. The van der Waals surface area contributed by atoms with E-state index in [1.54, 1.807) is 12.1 Å². The molecule has 0 spiro atoms. The highest BCUT2D eigenvalue weighted by atomic mass is 19.4. The maximum Gasteiger partial charge on any atom is 0.453 e. The van der Waals surface area contributed by atoms with Crippen LogP contribution in [0.2, 0.25) is 0 Å². The van der Waals surface area contributed by atoms with Crippen molar-refractivity contribution in [1.82, 2.24) is 0 Å². The fraction of sp³-hybridized carbons (Fsp3) is 0.444. The Kier molecular flexibility index (Phi) is 8.83. The highest BCUT2D eigenvalue weighted by Crippen LogP contribution is 2.39. The van der Waals surface area contributed by atoms with Gasteiger partial charge in [0.25, 0.3) is 5.76 Å². The van der Waals surface area contributed by atoms with Gasteiger partial charge in [0.1, 0.15) is 17.9 Å². The third kappa shape index (κ3) is 6.36. The summed E-state index contributed by atoms with van der Waals surface area (Å²) in [6, 6.07) is 8.90. The number of fused-ring (bicyclic) bond motifs is 1. The van der Waals surface area contributed by atoms with Crippen molar-refractivity contribution in [3.8, 4) is 17.2 Å². The van der Waals surface area contributed by atoms with Crippen molar-refractivity contribution >= 4 is 11.0 Å². The van der Waals surface area contributed by atoms with Crippen LogP contribution in [-0.4, -0.2) is 13.1 Å². The molecule has 2 aromatic carbocycles. The number of benzene rings is 2. The summed E-state index contributed by atoms with van der Waals surface area (Å²) in [6.45, 7) is 7.80. The van der Waals surface area contributed by atoms with Crippen molar-refractivity contribution in [2.45, 2.75) is 65.6 Å². The van der Waals surface area contributed by atoms with Gasteiger partial charge in [0.15, 0.2) is 0 Å². The van der Waals surface area contributed by atoms with Gasteiger partial charge < -0.3 is 19.2 Å². The number of halogens is 3. The third-order valence-corrected chi connectivity index (χ3v) is 6.08. The number of alkyl halides is 3. The number of hydrogen-bond donors (Lipinski definition) is 1. The van der Waals surface area contributed by atoms with Crippen LogP contribution >= 0.6 is 0 Å². The van der Waals surface area contributed by atoms with Crippen molar-refractivity contribution in [1.29, 1.82) is 0 Å². The topological polar surface area (TPSA) is 66.9 Å². The summed E-state index contributed by atoms with van der Waals surface area (Å²) in [4.78, 5) is 14.3. The average Bonchev–Trinajstić information content (AvgIpc) is 2.83. The first-order chi connectivity index (χ1) is 16.7. The Balaban J connectivity index is 2.13. The molecule has 8 heteroatoms. The molecule has 3 rings (SSSR count). The highest BCUT2D eigenvalue weighted by Gasteiger charge is 2.41. The van der Waals surface area contributed by atoms with E-state index in [1.165, 1.54) is 24.3 Å². The zero-order chi connectivity index (χ0) is 25.6. The molecule has 0 aliphatic carbocycles. The van der Waals surface area contributed by atoms with Gasteiger partial charge >= 0.3 is 6.18 Å². The minimum absolute atomic E-state index is 0.0890. The number of aryl methyl sites for hydroxylation is 1. The largest absolute Gasteiger partial charge is 0.872 e. The molecule has 1 heterocycles. The van der Waals surface area contributed by atoms with E-state index in [4.69, 9.17) is 9.15 Å². The molecule has 0 unspecified atom stereocenters. The molecule has 35 heavy (non-hydrogen) atoms. The van der Waals surface area contributed by atoms with E-state index < -0.39 is 28.9 Å². The maximum atomic E-state index is 14.0. The molecule has 0 bridgehead atoms. The van der Waals surface area contributed by atoms with Gasteiger partial charge in [0.05, 0.1) is 18.5 Å². The summed E-state index contributed by atoms with van der Waals surface area (Å²) in [5, 5.41) is 12.6. The van der Waals surface area contributed by atoms with Crippen molar-refractivity contribution < 1.29 is 32.3 Å². The number of hydrogen-bond acceptors (Lipinski definition) is 4. The smallest absolute Gasteiger partial charge is 0.453 e. The van der Waals surface area contributed by atoms with Crippen LogP contribution in [0.3, 0.4) is 0 Å². The Morgan fingerprint density at radius 2 is 1.60 bits per heavy atom. The Bertz CT molecular complexity index is 1180. The minimum Gasteiger partial charge on any atom is -0.872 e. The van der Waals surface area contributed by atoms with E-state index in [1.807, 2.05) is 6.92 Å². The molecule has 1 N–H and O–H groups in total. The molecule has 0 amide bonds. The van der Waals surface area contributed by atoms with Gasteiger partial charge in [-0.05, 0) is 43.0 Å². The standard InChI is InChI=1S/C27H32F3NO4/c1-4-7-15-31(16-8-5-2)17-21-22(32)14-13-20-23(33)25(26(27(28,29)30)35-24(20)21)34-19-11-9-18(6-3)10-12-19/h9-14,32H,4-8,15-17H2,1-3H3. The fourth-order valence-corrected chi connectivity index (χ4v) is 4.04. The predicted octanol–water partition coefficient (Wildman–Crippen LogP) is 5.23. The van der Waals surface area contributed by atoms with Gasteiger partial charge in [-0.15, -0.1) is 0 Å². The van der Waals surface area contributed by atoms with Crippen LogP contribution in [0.15, 0.2) is 45.6 Å². The Labute approximate surface area is 203 Å². The van der Waals surface area contributed by atoms with E-state index in [0.29, 0.717) is 0 Å². The summed E-state index contributed by atoms with van der Waals surface area (Å²) in [7, 11) is 0. The summed E-state index contributed by atoms with van der Waals surface area (Å²) in [5.41, 5.74) is -0.201. The van der Waals surface area contributed by atoms with E-state index in [2.05, 4.69) is 13.8 Å². The van der Waals surface area contributed by atoms with Crippen LogP contribution in [0.1, 0.15) is 63.3 Å². The molecule has 0 atom stereocenters. The van der Waals surface area contributed by atoms with Gasteiger partial charge in [0.2, 0.25) is 11.2 Å². The van der Waals surface area contributed by atoms with Crippen LogP contribution < -0.4 is 20.2 Å². The molecular weight excluding hydrogens is 459 g/mol. The summed E-state index contributed by atoms with van der Waals surface area (Å²) in [5.74, 6) is -2.82. The van der Waals surface area contributed by atoms with Gasteiger partial charge in [0, 0.05) is 5.56 Å². The highest BCUT2D eigenvalue weighted by molar-refractivity contribution is 5.83. The van der Waals surface area contributed by atoms with E-state index in [9.17, 15) is 23.1 Å². The Morgan fingerprint density at radius 3 is 2.14 bits per heavy atom. The molecule has 5 nitrogen and oxygen atoms in total. The number of unbranched alkanes of at least 4 members (excludes halogenated alkanes) is 2. The molecular formula is C27H32F3NO4. The lowest BCUT2D eigenvalue weighted by Gasteiger charge is -2.23. The zero-order valence-corrected chi connectivity index (χ0v) is 20.4. The lowest BCUT2D eigenvalue weighted by atomic mass is 10.1.